The fourth-order valence-corrected chi connectivity index (χ4v) is 2.87. The largest absolute Gasteiger partial charge is 0.444 e. The normalized spacial score (nSPS) is 18.8. The van der Waals surface area contributed by atoms with Crippen molar-refractivity contribution in [1.29, 1.82) is 0 Å². The Kier molecular flexibility index (Phi) is 6.31. The van der Waals surface area contributed by atoms with E-state index in [1.165, 1.54) is 5.56 Å². The number of hydrogen-bond donors (Lipinski definition) is 1. The number of halogens is 1. The summed E-state index contributed by atoms with van der Waals surface area (Å²) in [4.78, 5) is 14.0. The summed E-state index contributed by atoms with van der Waals surface area (Å²) < 4.78 is 5.46. The van der Waals surface area contributed by atoms with Crippen LogP contribution in [0.2, 0.25) is 5.02 Å². The van der Waals surface area contributed by atoms with Crippen molar-refractivity contribution in [3.63, 3.8) is 0 Å². The van der Waals surface area contributed by atoms with E-state index in [9.17, 15) is 4.79 Å². The minimum Gasteiger partial charge on any atom is -0.444 e. The molecule has 1 amide bonds. The molecule has 4 nitrogen and oxygen atoms in total. The summed E-state index contributed by atoms with van der Waals surface area (Å²) in [5, 5.41) is 4.24. The second-order valence-corrected chi connectivity index (χ2v) is 7.63. The number of rotatable bonds is 4. The molecule has 0 radical (unpaired) electrons. The zero-order valence-electron chi connectivity index (χ0n) is 14.3. The van der Waals surface area contributed by atoms with Crippen molar-refractivity contribution >= 4 is 17.7 Å². The van der Waals surface area contributed by atoms with Crippen molar-refractivity contribution < 1.29 is 9.53 Å². The van der Waals surface area contributed by atoms with Crippen LogP contribution in [-0.2, 0) is 11.3 Å². The van der Waals surface area contributed by atoms with E-state index < -0.39 is 5.60 Å². The molecule has 1 aromatic carbocycles. The molecule has 0 spiro atoms. The van der Waals surface area contributed by atoms with Crippen LogP contribution in [0.25, 0.3) is 0 Å². The lowest BCUT2D eigenvalue weighted by molar-refractivity contribution is 0.0166. The lowest BCUT2D eigenvalue weighted by Gasteiger charge is -2.34. The van der Waals surface area contributed by atoms with Crippen LogP contribution >= 0.6 is 11.6 Å². The number of likely N-dealkylation sites (tertiary alicyclic amines) is 1. The highest BCUT2D eigenvalue weighted by Gasteiger charge is 2.27. The third-order valence-corrected chi connectivity index (χ3v) is 4.10. The van der Waals surface area contributed by atoms with Crippen molar-refractivity contribution in [2.75, 3.05) is 19.6 Å². The first-order valence-electron chi connectivity index (χ1n) is 8.26. The van der Waals surface area contributed by atoms with Crippen molar-refractivity contribution in [2.45, 2.75) is 45.8 Å². The zero-order chi connectivity index (χ0) is 16.9. The van der Waals surface area contributed by atoms with Gasteiger partial charge in [-0.2, -0.15) is 0 Å². The van der Waals surface area contributed by atoms with E-state index in [2.05, 4.69) is 5.32 Å². The second-order valence-electron chi connectivity index (χ2n) is 7.19. The van der Waals surface area contributed by atoms with Crippen LogP contribution in [0.3, 0.4) is 0 Å². The van der Waals surface area contributed by atoms with Gasteiger partial charge in [0.05, 0.1) is 0 Å². The van der Waals surface area contributed by atoms with Gasteiger partial charge in [0.25, 0.3) is 0 Å². The van der Waals surface area contributed by atoms with Gasteiger partial charge in [-0.1, -0.05) is 23.7 Å². The Hall–Kier alpha value is -1.26. The molecular weight excluding hydrogens is 312 g/mol. The van der Waals surface area contributed by atoms with Crippen LogP contribution in [0.5, 0.6) is 0 Å². The first kappa shape index (κ1) is 18.1. The highest BCUT2D eigenvalue weighted by Crippen LogP contribution is 2.19. The van der Waals surface area contributed by atoms with Gasteiger partial charge in [-0.3, -0.25) is 0 Å². The van der Waals surface area contributed by atoms with E-state index in [0.29, 0.717) is 5.92 Å². The Labute approximate surface area is 144 Å². The summed E-state index contributed by atoms with van der Waals surface area (Å²) in [6.45, 7) is 8.99. The topological polar surface area (TPSA) is 41.6 Å². The van der Waals surface area contributed by atoms with Gasteiger partial charge in [-0.25, -0.2) is 4.79 Å². The molecule has 0 aromatic heterocycles. The average Bonchev–Trinajstić information content (AvgIpc) is 2.48. The molecule has 1 heterocycles. The monoisotopic (exact) mass is 338 g/mol. The van der Waals surface area contributed by atoms with Gasteiger partial charge in [-0.05, 0) is 63.8 Å². The lowest BCUT2D eigenvalue weighted by atomic mass is 9.98. The zero-order valence-corrected chi connectivity index (χ0v) is 15.0. The Morgan fingerprint density at radius 3 is 2.70 bits per heavy atom. The minimum absolute atomic E-state index is 0.195. The summed E-state index contributed by atoms with van der Waals surface area (Å²) in [7, 11) is 0. The quantitative estimate of drug-likeness (QED) is 0.899. The molecule has 2 rings (SSSR count). The lowest BCUT2D eigenvalue weighted by Crippen LogP contribution is -2.44. The fraction of sp³-hybridized carbons (Fsp3) is 0.611. The van der Waals surface area contributed by atoms with Crippen LogP contribution in [0.1, 0.15) is 39.2 Å². The van der Waals surface area contributed by atoms with E-state index in [-0.39, 0.29) is 6.09 Å². The molecule has 5 heteroatoms. The van der Waals surface area contributed by atoms with Crippen molar-refractivity contribution in [3.05, 3.63) is 34.9 Å². The highest BCUT2D eigenvalue weighted by molar-refractivity contribution is 6.30. The number of amides is 1. The van der Waals surface area contributed by atoms with Crippen LogP contribution in [0, 0.1) is 5.92 Å². The smallest absolute Gasteiger partial charge is 0.410 e. The van der Waals surface area contributed by atoms with Crippen LogP contribution in [0.4, 0.5) is 4.79 Å². The molecule has 0 bridgehead atoms. The Balaban J connectivity index is 1.75. The number of benzene rings is 1. The van der Waals surface area contributed by atoms with Crippen LogP contribution in [0.15, 0.2) is 24.3 Å². The molecule has 0 aliphatic carbocycles. The molecule has 0 saturated carbocycles. The maximum Gasteiger partial charge on any atom is 0.410 e. The average molecular weight is 339 g/mol. The van der Waals surface area contributed by atoms with Gasteiger partial charge in [0, 0.05) is 24.7 Å². The summed E-state index contributed by atoms with van der Waals surface area (Å²) in [5.74, 6) is 0.476. The summed E-state index contributed by atoms with van der Waals surface area (Å²) >= 11 is 5.89. The van der Waals surface area contributed by atoms with E-state index >= 15 is 0 Å². The Morgan fingerprint density at radius 1 is 1.35 bits per heavy atom. The molecule has 1 atom stereocenters. The molecule has 1 N–H and O–H groups in total. The predicted octanol–water partition coefficient (Wildman–Crippen LogP) is 4.08. The van der Waals surface area contributed by atoms with Gasteiger partial charge < -0.3 is 15.0 Å². The molecule has 1 fully saturated rings. The molecule has 1 aliphatic rings. The number of nitrogens with one attached hydrogen (secondary N) is 1. The highest BCUT2D eigenvalue weighted by atomic mass is 35.5. The first-order valence-corrected chi connectivity index (χ1v) is 8.64. The fourth-order valence-electron chi connectivity index (χ4n) is 2.75. The second kappa shape index (κ2) is 8.02. The first-order chi connectivity index (χ1) is 10.8. The van der Waals surface area contributed by atoms with E-state index in [0.717, 1.165) is 44.0 Å². The molecule has 23 heavy (non-hydrogen) atoms. The molecule has 1 saturated heterocycles. The van der Waals surface area contributed by atoms with Crippen molar-refractivity contribution in [2.24, 2.45) is 5.92 Å². The van der Waals surface area contributed by atoms with E-state index in [1.807, 2.05) is 49.9 Å². The molecule has 1 aliphatic heterocycles. The molecular formula is C18H27ClN2O2. The van der Waals surface area contributed by atoms with Crippen LogP contribution < -0.4 is 5.32 Å². The minimum atomic E-state index is -0.434. The van der Waals surface area contributed by atoms with E-state index in [4.69, 9.17) is 16.3 Å². The molecule has 1 aromatic rings. The summed E-state index contributed by atoms with van der Waals surface area (Å²) in [6.07, 6.45) is 1.99. The Bertz CT molecular complexity index is 511. The standard InChI is InChI=1S/C18H27ClN2O2/c1-18(2,3)23-17(22)21-10-4-5-15(13-21)12-20-11-14-6-8-16(19)9-7-14/h6-9,15,20H,4-5,10-13H2,1-3H3. The number of carbonyl (C=O) groups is 1. The van der Waals surface area contributed by atoms with Crippen LogP contribution in [-0.4, -0.2) is 36.2 Å². The van der Waals surface area contributed by atoms with Gasteiger partial charge in [0.15, 0.2) is 0 Å². The maximum absolute atomic E-state index is 12.2. The maximum atomic E-state index is 12.2. The number of carbonyl (C=O) groups excluding carboxylic acids is 1. The number of hydrogen-bond acceptors (Lipinski definition) is 3. The van der Waals surface area contributed by atoms with Crippen molar-refractivity contribution in [3.8, 4) is 0 Å². The van der Waals surface area contributed by atoms with E-state index in [1.54, 1.807) is 0 Å². The number of nitrogens with zero attached hydrogens (tertiary/aromatic N) is 1. The number of ether oxygens (including phenoxy) is 1. The third-order valence-electron chi connectivity index (χ3n) is 3.85. The third kappa shape index (κ3) is 6.40. The Morgan fingerprint density at radius 2 is 2.04 bits per heavy atom. The van der Waals surface area contributed by atoms with Gasteiger partial charge in [-0.15, -0.1) is 0 Å². The van der Waals surface area contributed by atoms with Gasteiger partial charge >= 0.3 is 6.09 Å². The SMILES string of the molecule is CC(C)(C)OC(=O)N1CCCC(CNCc2ccc(Cl)cc2)C1. The molecule has 128 valence electrons. The summed E-state index contributed by atoms with van der Waals surface area (Å²) in [6, 6.07) is 7.87. The van der Waals surface area contributed by atoms with Crippen molar-refractivity contribution in [1.82, 2.24) is 10.2 Å². The van der Waals surface area contributed by atoms with Gasteiger partial charge in [0.2, 0.25) is 0 Å². The predicted molar refractivity (Wildman–Crippen MR) is 93.7 cm³/mol. The molecule has 1 unspecified atom stereocenters. The summed E-state index contributed by atoms with van der Waals surface area (Å²) in [5.41, 5.74) is 0.783. The van der Waals surface area contributed by atoms with Gasteiger partial charge in [0.1, 0.15) is 5.60 Å². The number of piperidine rings is 1.